The molecule has 2 unspecified atom stereocenters. The zero-order valence-corrected chi connectivity index (χ0v) is 9.23. The first kappa shape index (κ1) is 10.2. The molecular weight excluding hydrogens is 190 g/mol. The molecule has 0 saturated carbocycles. The third-order valence-electron chi connectivity index (χ3n) is 3.22. The normalized spacial score (nSPS) is 25.9. The molecule has 1 fully saturated rings. The number of rotatable bonds is 2. The number of aromatic amines is 1. The fourth-order valence-electron chi connectivity index (χ4n) is 2.35. The molecule has 0 radical (unpaired) electrons. The van der Waals surface area contributed by atoms with E-state index in [2.05, 4.69) is 24.0 Å². The Labute approximate surface area is 89.7 Å². The standard InChI is InChI=1S/C11H17N3O/c1-3-9-5-4-8(2)14(9)11(15)10-6-7-12-13-10/h6-9H,3-5H2,1-2H3,(H,12,13). The van der Waals surface area contributed by atoms with Crippen LogP contribution in [-0.2, 0) is 0 Å². The number of nitrogens with zero attached hydrogens (tertiary/aromatic N) is 2. The van der Waals surface area contributed by atoms with Crippen LogP contribution in [0.3, 0.4) is 0 Å². The average molecular weight is 207 g/mol. The van der Waals surface area contributed by atoms with Gasteiger partial charge in [0.15, 0.2) is 0 Å². The van der Waals surface area contributed by atoms with Gasteiger partial charge < -0.3 is 4.90 Å². The highest BCUT2D eigenvalue weighted by molar-refractivity contribution is 5.92. The van der Waals surface area contributed by atoms with Crippen molar-refractivity contribution in [3.63, 3.8) is 0 Å². The summed E-state index contributed by atoms with van der Waals surface area (Å²) in [5.41, 5.74) is 0.599. The van der Waals surface area contributed by atoms with Crippen molar-refractivity contribution >= 4 is 5.91 Å². The van der Waals surface area contributed by atoms with Gasteiger partial charge in [0.1, 0.15) is 5.69 Å². The number of carbonyl (C=O) groups excluding carboxylic acids is 1. The summed E-state index contributed by atoms with van der Waals surface area (Å²) >= 11 is 0. The molecule has 2 rings (SSSR count). The van der Waals surface area contributed by atoms with E-state index in [1.165, 1.54) is 0 Å². The summed E-state index contributed by atoms with van der Waals surface area (Å²) in [5, 5.41) is 6.56. The highest BCUT2D eigenvalue weighted by atomic mass is 16.2. The molecule has 1 aliphatic rings. The van der Waals surface area contributed by atoms with Crippen LogP contribution in [-0.4, -0.2) is 33.1 Å². The number of hydrogen-bond donors (Lipinski definition) is 1. The minimum Gasteiger partial charge on any atom is -0.332 e. The lowest BCUT2D eigenvalue weighted by molar-refractivity contribution is 0.0670. The fourth-order valence-corrected chi connectivity index (χ4v) is 2.35. The van der Waals surface area contributed by atoms with E-state index in [0.29, 0.717) is 17.8 Å². The monoisotopic (exact) mass is 207 g/mol. The van der Waals surface area contributed by atoms with E-state index in [1.807, 2.05) is 4.90 Å². The van der Waals surface area contributed by atoms with Gasteiger partial charge in [-0.1, -0.05) is 6.92 Å². The fraction of sp³-hybridized carbons (Fsp3) is 0.636. The smallest absolute Gasteiger partial charge is 0.272 e. The molecule has 0 spiro atoms. The zero-order valence-electron chi connectivity index (χ0n) is 9.23. The maximum absolute atomic E-state index is 12.1. The minimum absolute atomic E-state index is 0.0874. The van der Waals surface area contributed by atoms with Crippen LogP contribution in [0.25, 0.3) is 0 Å². The second-order valence-electron chi connectivity index (χ2n) is 4.17. The van der Waals surface area contributed by atoms with E-state index in [0.717, 1.165) is 19.3 Å². The average Bonchev–Trinajstić information content (AvgIpc) is 2.85. The quantitative estimate of drug-likeness (QED) is 0.804. The van der Waals surface area contributed by atoms with E-state index in [9.17, 15) is 4.79 Å². The molecule has 0 aromatic carbocycles. The Bertz CT molecular complexity index is 334. The second-order valence-corrected chi connectivity index (χ2v) is 4.17. The number of nitrogens with one attached hydrogen (secondary N) is 1. The predicted octanol–water partition coefficient (Wildman–Crippen LogP) is 1.81. The maximum atomic E-state index is 12.1. The van der Waals surface area contributed by atoms with Gasteiger partial charge in [0, 0.05) is 18.3 Å². The Balaban J connectivity index is 2.18. The van der Waals surface area contributed by atoms with E-state index in [1.54, 1.807) is 12.3 Å². The lowest BCUT2D eigenvalue weighted by Crippen LogP contribution is -2.39. The zero-order chi connectivity index (χ0) is 10.8. The molecule has 2 heterocycles. The minimum atomic E-state index is 0.0874. The Kier molecular flexibility index (Phi) is 2.75. The van der Waals surface area contributed by atoms with E-state index < -0.39 is 0 Å². The molecule has 15 heavy (non-hydrogen) atoms. The van der Waals surface area contributed by atoms with Gasteiger partial charge in [-0.15, -0.1) is 0 Å². The molecule has 82 valence electrons. The molecular formula is C11H17N3O. The lowest BCUT2D eigenvalue weighted by atomic mass is 10.1. The summed E-state index contributed by atoms with van der Waals surface area (Å²) < 4.78 is 0. The van der Waals surface area contributed by atoms with Crippen LogP contribution in [0.5, 0.6) is 0 Å². The topological polar surface area (TPSA) is 49.0 Å². The van der Waals surface area contributed by atoms with Gasteiger partial charge in [0.2, 0.25) is 0 Å². The van der Waals surface area contributed by atoms with Crippen molar-refractivity contribution in [2.75, 3.05) is 0 Å². The lowest BCUT2D eigenvalue weighted by Gasteiger charge is -2.27. The molecule has 1 saturated heterocycles. The van der Waals surface area contributed by atoms with Crippen LogP contribution in [0.4, 0.5) is 0 Å². The molecule has 1 amide bonds. The largest absolute Gasteiger partial charge is 0.332 e. The van der Waals surface area contributed by atoms with Crippen LogP contribution >= 0.6 is 0 Å². The second kappa shape index (κ2) is 4.04. The molecule has 1 aliphatic heterocycles. The van der Waals surface area contributed by atoms with Crippen molar-refractivity contribution < 1.29 is 4.79 Å². The maximum Gasteiger partial charge on any atom is 0.272 e. The van der Waals surface area contributed by atoms with Crippen LogP contribution in [0.1, 0.15) is 43.6 Å². The van der Waals surface area contributed by atoms with E-state index >= 15 is 0 Å². The predicted molar refractivity (Wildman–Crippen MR) is 57.5 cm³/mol. The molecule has 0 aliphatic carbocycles. The van der Waals surface area contributed by atoms with Crippen molar-refractivity contribution in [2.45, 2.75) is 45.2 Å². The molecule has 4 heteroatoms. The molecule has 1 aromatic heterocycles. The highest BCUT2D eigenvalue weighted by Crippen LogP contribution is 2.27. The summed E-state index contributed by atoms with van der Waals surface area (Å²) in [6.07, 6.45) is 4.88. The third-order valence-corrected chi connectivity index (χ3v) is 3.22. The molecule has 4 nitrogen and oxygen atoms in total. The summed E-state index contributed by atoms with van der Waals surface area (Å²) in [6, 6.07) is 2.49. The van der Waals surface area contributed by atoms with Crippen molar-refractivity contribution in [3.05, 3.63) is 18.0 Å². The van der Waals surface area contributed by atoms with Gasteiger partial charge in [-0.3, -0.25) is 9.89 Å². The summed E-state index contributed by atoms with van der Waals surface area (Å²) in [4.78, 5) is 14.1. The Hall–Kier alpha value is -1.32. The van der Waals surface area contributed by atoms with Crippen molar-refractivity contribution in [3.8, 4) is 0 Å². The van der Waals surface area contributed by atoms with Crippen molar-refractivity contribution in [1.82, 2.24) is 15.1 Å². The van der Waals surface area contributed by atoms with Gasteiger partial charge in [-0.25, -0.2) is 0 Å². The first-order chi connectivity index (χ1) is 7.24. The van der Waals surface area contributed by atoms with Crippen molar-refractivity contribution in [2.24, 2.45) is 0 Å². The Morgan fingerprint density at radius 3 is 3.07 bits per heavy atom. The first-order valence-electron chi connectivity index (χ1n) is 5.56. The number of likely N-dealkylation sites (tertiary alicyclic amines) is 1. The third kappa shape index (κ3) is 1.76. The van der Waals surface area contributed by atoms with Gasteiger partial charge in [0.25, 0.3) is 5.91 Å². The number of amides is 1. The summed E-state index contributed by atoms with van der Waals surface area (Å²) in [7, 11) is 0. The van der Waals surface area contributed by atoms with Gasteiger partial charge in [0.05, 0.1) is 0 Å². The van der Waals surface area contributed by atoms with Gasteiger partial charge >= 0.3 is 0 Å². The number of H-pyrrole nitrogens is 1. The van der Waals surface area contributed by atoms with Gasteiger partial charge in [-0.05, 0) is 32.3 Å². The molecule has 1 N–H and O–H groups in total. The van der Waals surface area contributed by atoms with E-state index in [4.69, 9.17) is 0 Å². The Morgan fingerprint density at radius 1 is 1.67 bits per heavy atom. The number of aromatic nitrogens is 2. The first-order valence-corrected chi connectivity index (χ1v) is 5.56. The highest BCUT2D eigenvalue weighted by Gasteiger charge is 2.33. The summed E-state index contributed by atoms with van der Waals surface area (Å²) in [5.74, 6) is 0.0874. The van der Waals surface area contributed by atoms with Crippen LogP contribution < -0.4 is 0 Å². The summed E-state index contributed by atoms with van der Waals surface area (Å²) in [6.45, 7) is 4.25. The number of carbonyl (C=O) groups is 1. The van der Waals surface area contributed by atoms with Crippen LogP contribution in [0.15, 0.2) is 12.3 Å². The van der Waals surface area contributed by atoms with Crippen LogP contribution in [0, 0.1) is 0 Å². The van der Waals surface area contributed by atoms with E-state index in [-0.39, 0.29) is 5.91 Å². The van der Waals surface area contributed by atoms with Gasteiger partial charge in [-0.2, -0.15) is 5.10 Å². The Morgan fingerprint density at radius 2 is 2.47 bits per heavy atom. The number of hydrogen-bond acceptors (Lipinski definition) is 2. The molecule has 2 atom stereocenters. The SMILES string of the molecule is CCC1CCC(C)N1C(=O)c1ccn[nH]1. The van der Waals surface area contributed by atoms with Crippen LogP contribution in [0.2, 0.25) is 0 Å². The molecule has 1 aromatic rings. The molecule has 0 bridgehead atoms. The van der Waals surface area contributed by atoms with Crippen molar-refractivity contribution in [1.29, 1.82) is 0 Å².